The molecule has 4 unspecified atom stereocenters. The molecule has 1 aromatic rings. The van der Waals surface area contributed by atoms with Crippen molar-refractivity contribution in [2.24, 2.45) is 40.5 Å². The van der Waals surface area contributed by atoms with E-state index in [4.69, 9.17) is 28.2 Å². The van der Waals surface area contributed by atoms with Gasteiger partial charge in [0, 0.05) is 21.0 Å². The molecule has 0 bridgehead atoms. The van der Waals surface area contributed by atoms with Gasteiger partial charge in [-0.3, -0.25) is 14.4 Å². The summed E-state index contributed by atoms with van der Waals surface area (Å²) in [7, 11) is 1.00. The van der Waals surface area contributed by atoms with Crippen LogP contribution in [-0.4, -0.2) is 65.1 Å². The SMILES string of the molecule is CC(=O)NC1=N/C(=C\c2[n-]c(NC(C)=O)c(C(=O)OC3C(C)CC(C)CC3C)c2C)C(C)=C1C(=O)OC1C(C)CC(C)CC1C.CC(=O)O.CO.[O]=[V]. The summed E-state index contributed by atoms with van der Waals surface area (Å²) < 4.78 is 20.3. The Balaban J connectivity index is 0.00000162. The number of carbonyl (C=O) groups is 5. The molecule has 2 amide bonds. The minimum absolute atomic E-state index is 0.112. The number of aliphatic hydroxyl groups excluding tert-OH is 1. The second-order valence-corrected chi connectivity index (χ2v) is 14.5. The molecule has 14 nitrogen and oxygen atoms in total. The van der Waals surface area contributed by atoms with Gasteiger partial charge in [-0.1, -0.05) is 41.5 Å². The standard InChI is InChI=1S/C35H50N4O6.C2H4O2.CH4O.O.V/c1-16-11-18(3)30(19(4)12-16)44-34(42)28-22(7)26(38-32(28)36-24(9)40)15-27-23(8)29(33(39-27)37-25(10)41)35(43)45-31-20(5)13-17(2)14-21(31)6;1-2(3)4;1-2;;/h15-21,30-31H,11-14H2,1-10H3,(H3,36,37,38,39,40,41,42,43);1H3,(H,3,4);2H,1H3;;/p-1. The molecular weight excluding hydrogens is 723 g/mol. The van der Waals surface area contributed by atoms with Gasteiger partial charge in [0.15, 0.2) is 0 Å². The number of amides is 2. The molecule has 4 N–H and O–H groups in total. The van der Waals surface area contributed by atoms with Gasteiger partial charge in [-0.2, -0.15) is 0 Å². The third-order valence-corrected chi connectivity index (χ3v) is 9.55. The molecule has 2 heterocycles. The number of aromatic nitrogens is 1. The Morgan fingerprint density at radius 1 is 0.755 bits per heavy atom. The van der Waals surface area contributed by atoms with Crippen molar-refractivity contribution in [2.75, 3.05) is 12.4 Å². The van der Waals surface area contributed by atoms with Crippen LogP contribution in [0.15, 0.2) is 21.8 Å². The first-order valence-corrected chi connectivity index (χ1v) is 18.4. The van der Waals surface area contributed by atoms with Gasteiger partial charge in [0.25, 0.3) is 5.97 Å². The number of carbonyl (C=O) groups excluding carboxylic acids is 4. The van der Waals surface area contributed by atoms with Crippen LogP contribution in [0.5, 0.6) is 0 Å². The Bertz CT molecular complexity index is 1550. The van der Waals surface area contributed by atoms with Gasteiger partial charge in [-0.05, 0) is 111 Å². The van der Waals surface area contributed by atoms with Crippen molar-refractivity contribution in [3.8, 4) is 0 Å². The Hall–Kier alpha value is -3.88. The fourth-order valence-electron chi connectivity index (χ4n) is 7.78. The van der Waals surface area contributed by atoms with E-state index < -0.39 is 17.9 Å². The molecule has 0 aromatic carbocycles. The van der Waals surface area contributed by atoms with Crippen molar-refractivity contribution < 1.29 is 64.7 Å². The number of nitrogens with zero attached hydrogens (tertiary/aromatic N) is 2. The molecule has 1 aliphatic heterocycles. The fraction of sp³-hybridized carbons (Fsp3) is 0.632. The first-order valence-electron chi connectivity index (χ1n) is 17.8. The van der Waals surface area contributed by atoms with E-state index in [-0.39, 0.29) is 70.5 Å². The number of hydrogen-bond acceptors (Lipinski definition) is 10. The predicted molar refractivity (Wildman–Crippen MR) is 195 cm³/mol. The molecule has 0 saturated heterocycles. The molecule has 2 fully saturated rings. The predicted octanol–water partition coefficient (Wildman–Crippen LogP) is 5.54. The molecule has 4 atom stereocenters. The number of hydrogen-bond donors (Lipinski definition) is 4. The summed E-state index contributed by atoms with van der Waals surface area (Å²) in [5.41, 5.74) is 2.19. The summed E-state index contributed by atoms with van der Waals surface area (Å²) in [5, 5.41) is 19.8. The summed E-state index contributed by atoms with van der Waals surface area (Å²) in [6, 6.07) is 0. The number of esters is 2. The average molecular weight is 781 g/mol. The van der Waals surface area contributed by atoms with E-state index in [0.29, 0.717) is 34.4 Å². The maximum absolute atomic E-state index is 13.6. The molecule has 15 heteroatoms. The van der Waals surface area contributed by atoms with Gasteiger partial charge >= 0.3 is 33.0 Å². The van der Waals surface area contributed by atoms with Crippen LogP contribution < -0.4 is 15.6 Å². The summed E-state index contributed by atoms with van der Waals surface area (Å²) >= 11 is 1.06. The zero-order valence-corrected chi connectivity index (χ0v) is 34.4. The number of aliphatic imine (C=N–C) groups is 1. The van der Waals surface area contributed by atoms with Crippen LogP contribution in [0, 0.1) is 42.4 Å². The molecular formula is C38H57N4O10V-. The molecule has 2 aliphatic carbocycles. The zero-order chi connectivity index (χ0) is 40.9. The monoisotopic (exact) mass is 780 g/mol. The summed E-state index contributed by atoms with van der Waals surface area (Å²) in [6.45, 7) is 20.1. The zero-order valence-electron chi connectivity index (χ0n) is 33.0. The number of nitrogens with one attached hydrogen (secondary N) is 2. The molecule has 1 aromatic heterocycles. The van der Waals surface area contributed by atoms with Crippen LogP contribution >= 0.6 is 0 Å². The van der Waals surface area contributed by atoms with Gasteiger partial charge in [-0.25, -0.2) is 14.6 Å². The fourth-order valence-corrected chi connectivity index (χ4v) is 7.78. The molecule has 4 rings (SSSR count). The number of carboxylic acids is 1. The number of aliphatic carboxylic acids is 1. The van der Waals surface area contributed by atoms with Crippen LogP contribution in [0.2, 0.25) is 0 Å². The number of carboxylic acid groups (broad SMARTS) is 1. The van der Waals surface area contributed by atoms with Gasteiger partial charge in [0.1, 0.15) is 29.5 Å². The molecule has 0 spiro atoms. The van der Waals surface area contributed by atoms with Gasteiger partial charge in [0.2, 0.25) is 5.91 Å². The van der Waals surface area contributed by atoms with Gasteiger partial charge < -0.3 is 35.3 Å². The van der Waals surface area contributed by atoms with E-state index >= 15 is 0 Å². The molecule has 295 valence electrons. The first-order chi connectivity index (χ1) is 24.8. The Morgan fingerprint density at radius 2 is 1.15 bits per heavy atom. The number of aliphatic hydroxyl groups is 1. The van der Waals surface area contributed by atoms with Crippen molar-refractivity contribution >= 4 is 47.5 Å². The van der Waals surface area contributed by atoms with Crippen LogP contribution in [0.25, 0.3) is 6.08 Å². The average Bonchev–Trinajstić information content (AvgIpc) is 3.51. The van der Waals surface area contributed by atoms with E-state index in [1.54, 1.807) is 19.9 Å². The van der Waals surface area contributed by atoms with Crippen LogP contribution in [0.4, 0.5) is 5.82 Å². The summed E-state index contributed by atoms with van der Waals surface area (Å²) in [6.07, 6.45) is 5.05. The van der Waals surface area contributed by atoms with Crippen molar-refractivity contribution in [1.82, 2.24) is 10.3 Å². The van der Waals surface area contributed by atoms with Crippen molar-refractivity contribution in [2.45, 2.75) is 114 Å². The first kappa shape index (κ1) is 47.1. The third kappa shape index (κ3) is 13.2. The topological polar surface area (TPSA) is 212 Å². The number of amidine groups is 1. The Morgan fingerprint density at radius 3 is 1.55 bits per heavy atom. The van der Waals surface area contributed by atoms with Crippen molar-refractivity contribution in [1.29, 1.82) is 0 Å². The van der Waals surface area contributed by atoms with Gasteiger partial charge in [-0.15, -0.1) is 0 Å². The number of rotatable bonds is 6. The Labute approximate surface area is 322 Å². The van der Waals surface area contributed by atoms with Crippen LogP contribution in [0.1, 0.15) is 117 Å². The molecule has 0 radical (unpaired) electrons. The van der Waals surface area contributed by atoms with Gasteiger partial charge in [0.05, 0.1) is 11.3 Å². The molecule has 3 aliphatic rings. The van der Waals surface area contributed by atoms with Crippen molar-refractivity contribution in [3.05, 3.63) is 33.7 Å². The summed E-state index contributed by atoms with van der Waals surface area (Å²) in [5.74, 6) is -0.493. The second kappa shape index (κ2) is 21.7. The number of ether oxygens (including phenoxy) is 2. The summed E-state index contributed by atoms with van der Waals surface area (Å²) in [4.78, 5) is 69.6. The third-order valence-electron chi connectivity index (χ3n) is 9.55. The maximum atomic E-state index is 13.6. The van der Waals surface area contributed by atoms with E-state index in [1.165, 1.54) is 13.8 Å². The van der Waals surface area contributed by atoms with E-state index in [0.717, 1.165) is 57.1 Å². The number of allylic oxidation sites excluding steroid dienone is 1. The molecule has 2 saturated carbocycles. The van der Waals surface area contributed by atoms with E-state index in [9.17, 15) is 19.2 Å². The normalized spacial score (nSPS) is 26.9. The minimum atomic E-state index is -0.833. The quantitative estimate of drug-likeness (QED) is 0.263. The van der Waals surface area contributed by atoms with E-state index in [1.807, 2.05) is 0 Å². The molecule has 53 heavy (non-hydrogen) atoms. The van der Waals surface area contributed by atoms with Crippen LogP contribution in [-0.2, 0) is 49.7 Å². The van der Waals surface area contributed by atoms with Crippen molar-refractivity contribution in [3.63, 3.8) is 0 Å². The second-order valence-electron chi connectivity index (χ2n) is 14.5. The Kier molecular flexibility index (Phi) is 19.3. The number of anilines is 1. The van der Waals surface area contributed by atoms with Crippen LogP contribution in [0.3, 0.4) is 0 Å². The van der Waals surface area contributed by atoms with E-state index in [2.05, 4.69) is 62.2 Å².